The highest BCUT2D eigenvalue weighted by Crippen LogP contribution is 2.42. The molecular weight excluding hydrogens is 344 g/mol. The van der Waals surface area contributed by atoms with Crippen molar-refractivity contribution in [2.45, 2.75) is 11.2 Å². The van der Waals surface area contributed by atoms with Gasteiger partial charge in [-0.1, -0.05) is 96.0 Å². The zero-order chi connectivity index (χ0) is 18.1. The highest BCUT2D eigenvalue weighted by Gasteiger charge is 2.31. The predicted molar refractivity (Wildman–Crippen MR) is 106 cm³/mol. The zero-order valence-electron chi connectivity index (χ0n) is 14.5. The average molecular weight is 366 g/mol. The molecule has 0 aromatic heterocycles. The lowest BCUT2D eigenvalue weighted by Crippen LogP contribution is -2.22. The van der Waals surface area contributed by atoms with Crippen LogP contribution in [0.3, 0.4) is 0 Å². The molecule has 1 saturated heterocycles. The molecule has 0 spiro atoms. The van der Waals surface area contributed by atoms with Crippen LogP contribution in [-0.2, 0) is 19.6 Å². The second-order valence-corrected chi connectivity index (χ2v) is 6.54. The van der Waals surface area contributed by atoms with Crippen LogP contribution in [0.15, 0.2) is 91.0 Å². The van der Waals surface area contributed by atoms with Crippen molar-refractivity contribution in [1.82, 2.24) is 0 Å². The number of hydrogen-bond acceptors (Lipinski definition) is 4. The maximum atomic E-state index is 5.09. The van der Waals surface area contributed by atoms with Crippen molar-refractivity contribution < 1.29 is 14.8 Å². The molecule has 1 heterocycles. The Balaban J connectivity index is 0.000000278. The Labute approximate surface area is 159 Å². The molecule has 0 N–H and O–H groups in total. The van der Waals surface area contributed by atoms with E-state index in [2.05, 4.69) is 87.6 Å². The van der Waals surface area contributed by atoms with Crippen LogP contribution >= 0.6 is 12.6 Å². The summed E-state index contributed by atoms with van der Waals surface area (Å²) in [5.41, 5.74) is 3.54. The smallest absolute Gasteiger partial charge is 0.0878 e. The van der Waals surface area contributed by atoms with Crippen LogP contribution in [0, 0.1) is 0 Å². The van der Waals surface area contributed by atoms with E-state index in [-0.39, 0.29) is 0 Å². The van der Waals surface area contributed by atoms with E-state index in [1.165, 1.54) is 16.7 Å². The van der Waals surface area contributed by atoms with Crippen molar-refractivity contribution in [2.24, 2.45) is 0 Å². The summed E-state index contributed by atoms with van der Waals surface area (Å²) < 4.78 is -0.427. The van der Waals surface area contributed by atoms with Crippen LogP contribution < -0.4 is 0 Å². The van der Waals surface area contributed by atoms with E-state index in [4.69, 9.17) is 12.6 Å². The van der Waals surface area contributed by atoms with Gasteiger partial charge in [0.25, 0.3) is 0 Å². The normalized spacial score (nSPS) is 14.2. The van der Waals surface area contributed by atoms with E-state index < -0.39 is 4.75 Å². The number of benzene rings is 3. The summed E-state index contributed by atoms with van der Waals surface area (Å²) in [4.78, 5) is 8.69. The first-order chi connectivity index (χ1) is 12.8. The fraction of sp³-hybridized carbons (Fsp3) is 0.182. The second kappa shape index (κ2) is 9.55. The van der Waals surface area contributed by atoms with Gasteiger partial charge in [-0.2, -0.15) is 12.6 Å². The van der Waals surface area contributed by atoms with Gasteiger partial charge < -0.3 is 0 Å². The van der Waals surface area contributed by atoms with Crippen molar-refractivity contribution in [3.8, 4) is 0 Å². The molecule has 1 aliphatic rings. The van der Waals surface area contributed by atoms with Crippen LogP contribution in [0.5, 0.6) is 0 Å². The second-order valence-electron chi connectivity index (χ2n) is 5.87. The SMILES string of the molecule is C1COOOC1.SC(c1ccccc1)(c1ccccc1)c1ccccc1. The van der Waals surface area contributed by atoms with Gasteiger partial charge in [0.15, 0.2) is 0 Å². The predicted octanol–water partition coefficient (Wildman–Crippen LogP) is 5.18. The fourth-order valence-electron chi connectivity index (χ4n) is 2.82. The minimum absolute atomic E-state index is 0.427. The first-order valence-corrected chi connectivity index (χ1v) is 9.06. The van der Waals surface area contributed by atoms with Crippen LogP contribution in [0.25, 0.3) is 0 Å². The molecule has 0 bridgehead atoms. The maximum Gasteiger partial charge on any atom is 0.0878 e. The number of thiol groups is 1. The third kappa shape index (κ3) is 4.54. The van der Waals surface area contributed by atoms with E-state index in [0.29, 0.717) is 13.2 Å². The standard InChI is InChI=1S/C19H16S.C3H6O3/c20-19(16-10-4-1-5-11-16,17-12-6-2-7-13-17)18-14-8-3-9-15-18;1-2-4-6-5-3-1/h1-15,20H;1-3H2. The molecule has 0 atom stereocenters. The first kappa shape index (κ1) is 18.7. The third-order valence-electron chi connectivity index (χ3n) is 4.13. The molecule has 1 fully saturated rings. The molecule has 1 aliphatic heterocycles. The van der Waals surface area contributed by atoms with Crippen LogP contribution in [0.1, 0.15) is 23.1 Å². The molecule has 26 heavy (non-hydrogen) atoms. The van der Waals surface area contributed by atoms with E-state index in [1.807, 2.05) is 18.2 Å². The van der Waals surface area contributed by atoms with Gasteiger partial charge in [-0.15, -0.1) is 0 Å². The van der Waals surface area contributed by atoms with Crippen molar-refractivity contribution >= 4 is 12.6 Å². The average Bonchev–Trinajstić information content (AvgIpc) is 2.77. The molecule has 4 rings (SSSR count). The molecule has 3 aromatic carbocycles. The molecule has 3 aromatic rings. The van der Waals surface area contributed by atoms with Gasteiger partial charge in [0.1, 0.15) is 0 Å². The number of rotatable bonds is 3. The Morgan fingerprint density at radius 2 is 0.923 bits per heavy atom. The Bertz CT molecular complexity index is 651. The van der Waals surface area contributed by atoms with Crippen molar-refractivity contribution in [1.29, 1.82) is 0 Å². The van der Waals surface area contributed by atoms with Crippen LogP contribution in [-0.4, -0.2) is 13.2 Å². The topological polar surface area (TPSA) is 27.7 Å². The van der Waals surface area contributed by atoms with Gasteiger partial charge in [-0.25, -0.2) is 9.78 Å². The van der Waals surface area contributed by atoms with Crippen LogP contribution in [0.4, 0.5) is 0 Å². The molecule has 3 nitrogen and oxygen atoms in total. The lowest BCUT2D eigenvalue weighted by Gasteiger charge is -2.30. The van der Waals surface area contributed by atoms with E-state index in [1.54, 1.807) is 0 Å². The van der Waals surface area contributed by atoms with Gasteiger partial charge in [-0.05, 0) is 16.7 Å². The van der Waals surface area contributed by atoms with E-state index in [9.17, 15) is 0 Å². The minimum atomic E-state index is -0.427. The molecular formula is C22H22O3S. The Hall–Kier alpha value is -2.11. The first-order valence-electron chi connectivity index (χ1n) is 8.62. The summed E-state index contributed by atoms with van der Waals surface area (Å²) >= 11 is 5.09. The van der Waals surface area contributed by atoms with Crippen LogP contribution in [0.2, 0.25) is 0 Å². The summed E-state index contributed by atoms with van der Waals surface area (Å²) in [5, 5.41) is 4.07. The summed E-state index contributed by atoms with van der Waals surface area (Å²) in [6.07, 6.45) is 0.931. The van der Waals surface area contributed by atoms with Gasteiger partial charge in [0.2, 0.25) is 0 Å². The molecule has 0 saturated carbocycles. The lowest BCUT2D eigenvalue weighted by atomic mass is 9.84. The van der Waals surface area contributed by atoms with Gasteiger partial charge in [0, 0.05) is 6.42 Å². The monoisotopic (exact) mass is 366 g/mol. The lowest BCUT2D eigenvalue weighted by molar-refractivity contribution is -0.532. The van der Waals surface area contributed by atoms with Gasteiger partial charge in [-0.3, -0.25) is 0 Å². The number of hydrogen-bond donors (Lipinski definition) is 1. The van der Waals surface area contributed by atoms with Gasteiger partial charge in [0.05, 0.1) is 18.0 Å². The zero-order valence-corrected chi connectivity index (χ0v) is 15.3. The van der Waals surface area contributed by atoms with Crippen molar-refractivity contribution in [3.05, 3.63) is 108 Å². The minimum Gasteiger partial charge on any atom is -0.206 e. The molecule has 0 radical (unpaired) electrons. The quantitative estimate of drug-likeness (QED) is 0.393. The highest BCUT2D eigenvalue weighted by atomic mass is 32.1. The summed E-state index contributed by atoms with van der Waals surface area (Å²) in [5.74, 6) is 0. The Morgan fingerprint density at radius 3 is 1.15 bits per heavy atom. The summed E-state index contributed by atoms with van der Waals surface area (Å²) in [6.45, 7) is 1.31. The van der Waals surface area contributed by atoms with Crippen molar-refractivity contribution in [3.63, 3.8) is 0 Å². The van der Waals surface area contributed by atoms with E-state index >= 15 is 0 Å². The Kier molecular flexibility index (Phi) is 6.86. The molecule has 4 heteroatoms. The molecule has 0 unspecified atom stereocenters. The fourth-order valence-corrected chi connectivity index (χ4v) is 3.26. The molecule has 0 amide bonds. The Morgan fingerprint density at radius 1 is 0.577 bits per heavy atom. The molecule has 0 aliphatic carbocycles. The molecule has 134 valence electrons. The maximum absolute atomic E-state index is 5.09. The highest BCUT2D eigenvalue weighted by molar-refractivity contribution is 7.81. The largest absolute Gasteiger partial charge is 0.206 e. The van der Waals surface area contributed by atoms with Gasteiger partial charge >= 0.3 is 0 Å². The van der Waals surface area contributed by atoms with Crippen molar-refractivity contribution in [2.75, 3.05) is 13.2 Å². The summed E-state index contributed by atoms with van der Waals surface area (Å²) in [6, 6.07) is 31.3. The summed E-state index contributed by atoms with van der Waals surface area (Å²) in [7, 11) is 0. The third-order valence-corrected chi connectivity index (χ3v) is 4.90. The van der Waals surface area contributed by atoms with E-state index in [0.717, 1.165) is 6.42 Å².